The summed E-state index contributed by atoms with van der Waals surface area (Å²) in [4.78, 5) is 0. The Kier molecular flexibility index (Phi) is 4.83. The average molecular weight is 315 g/mol. The van der Waals surface area contributed by atoms with Crippen LogP contribution in [-0.4, -0.2) is 7.11 Å². The fraction of sp³-hybridized carbons (Fsp3) is 0.143. The topological polar surface area (TPSA) is 47.3 Å². The van der Waals surface area contributed by atoms with Crippen molar-refractivity contribution in [3.05, 3.63) is 63.4 Å². The van der Waals surface area contributed by atoms with Gasteiger partial charge < -0.3 is 4.74 Å². The van der Waals surface area contributed by atoms with Crippen LogP contribution in [0.2, 0.25) is 10.0 Å². The number of halogens is 3. The van der Waals surface area contributed by atoms with E-state index in [1.165, 1.54) is 13.2 Å². The molecule has 20 heavy (non-hydrogen) atoms. The zero-order valence-electron chi connectivity index (χ0n) is 10.7. The summed E-state index contributed by atoms with van der Waals surface area (Å²) in [7, 11) is 1.48. The van der Waals surface area contributed by atoms with E-state index in [1.54, 1.807) is 30.3 Å². The number of methoxy groups -OCH3 is 1. The summed E-state index contributed by atoms with van der Waals surface area (Å²) in [5.41, 5.74) is 3.63. The zero-order chi connectivity index (χ0) is 14.7. The molecule has 6 heteroatoms. The van der Waals surface area contributed by atoms with Crippen LogP contribution in [0.25, 0.3) is 0 Å². The molecular weight excluding hydrogens is 302 g/mol. The van der Waals surface area contributed by atoms with Crippen molar-refractivity contribution in [1.29, 1.82) is 0 Å². The molecule has 1 unspecified atom stereocenters. The van der Waals surface area contributed by atoms with Crippen LogP contribution in [0, 0.1) is 5.82 Å². The van der Waals surface area contributed by atoms with Gasteiger partial charge in [0.2, 0.25) is 0 Å². The second kappa shape index (κ2) is 6.41. The second-order valence-corrected chi connectivity index (χ2v) is 5.06. The van der Waals surface area contributed by atoms with Crippen LogP contribution < -0.4 is 16.0 Å². The van der Waals surface area contributed by atoms with E-state index < -0.39 is 11.9 Å². The van der Waals surface area contributed by atoms with E-state index in [4.69, 9.17) is 33.8 Å². The molecule has 0 saturated carbocycles. The average Bonchev–Trinajstić information content (AvgIpc) is 2.40. The summed E-state index contributed by atoms with van der Waals surface area (Å²) in [5, 5.41) is 0.920. The van der Waals surface area contributed by atoms with Gasteiger partial charge in [0, 0.05) is 21.7 Å². The van der Waals surface area contributed by atoms with Crippen LogP contribution in [0.3, 0.4) is 0 Å². The second-order valence-electron chi connectivity index (χ2n) is 4.19. The molecule has 2 aromatic rings. The molecule has 0 amide bonds. The molecule has 0 spiro atoms. The highest BCUT2D eigenvalue weighted by Gasteiger charge is 2.18. The quantitative estimate of drug-likeness (QED) is 0.668. The summed E-state index contributed by atoms with van der Waals surface area (Å²) in [5.74, 6) is 5.55. The molecule has 0 aliphatic heterocycles. The highest BCUT2D eigenvalue weighted by Crippen LogP contribution is 2.30. The molecule has 0 fully saturated rings. The van der Waals surface area contributed by atoms with Crippen LogP contribution in [0.15, 0.2) is 36.4 Å². The molecule has 0 aromatic heterocycles. The fourth-order valence-corrected chi connectivity index (χ4v) is 2.52. The van der Waals surface area contributed by atoms with Gasteiger partial charge in [0.05, 0.1) is 13.2 Å². The number of nitrogens with two attached hydrogens (primary N) is 1. The van der Waals surface area contributed by atoms with Gasteiger partial charge in [0.1, 0.15) is 11.6 Å². The van der Waals surface area contributed by atoms with Gasteiger partial charge in [-0.25, -0.2) is 9.82 Å². The first-order valence-electron chi connectivity index (χ1n) is 5.80. The van der Waals surface area contributed by atoms with E-state index in [0.29, 0.717) is 26.9 Å². The lowest BCUT2D eigenvalue weighted by Crippen LogP contribution is -2.29. The molecule has 1 atom stereocenters. The fourth-order valence-electron chi connectivity index (χ4n) is 1.98. The maximum Gasteiger partial charge on any atom is 0.132 e. The molecule has 0 heterocycles. The molecule has 0 radical (unpaired) electrons. The van der Waals surface area contributed by atoms with Crippen molar-refractivity contribution in [3.63, 3.8) is 0 Å². The number of hydrogen-bond donors (Lipinski definition) is 2. The first-order chi connectivity index (χ1) is 9.55. The summed E-state index contributed by atoms with van der Waals surface area (Å²) in [6, 6.07) is 8.97. The number of benzene rings is 2. The molecule has 0 saturated heterocycles. The van der Waals surface area contributed by atoms with Gasteiger partial charge in [-0.3, -0.25) is 5.84 Å². The number of nitrogens with one attached hydrogen (secondary N) is 1. The van der Waals surface area contributed by atoms with Gasteiger partial charge in [-0.1, -0.05) is 29.3 Å². The molecule has 0 aliphatic rings. The summed E-state index contributed by atoms with van der Waals surface area (Å²) in [6.07, 6.45) is 0. The standard InChI is InChI=1S/C14H13Cl2FN2O/c1-20-11-2-3-12(13(17)7-11)14(19-18)8-4-9(15)6-10(16)5-8/h2-7,14,19H,18H2,1H3. The summed E-state index contributed by atoms with van der Waals surface area (Å²) in [6.45, 7) is 0. The number of ether oxygens (including phenoxy) is 1. The Bertz CT molecular complexity index is 602. The van der Waals surface area contributed by atoms with Crippen molar-refractivity contribution in [2.45, 2.75) is 6.04 Å². The normalized spacial score (nSPS) is 12.2. The smallest absolute Gasteiger partial charge is 0.132 e. The SMILES string of the molecule is COc1ccc(C(NN)c2cc(Cl)cc(Cl)c2)c(F)c1. The van der Waals surface area contributed by atoms with Gasteiger partial charge in [0.25, 0.3) is 0 Å². The van der Waals surface area contributed by atoms with Crippen LogP contribution >= 0.6 is 23.2 Å². The van der Waals surface area contributed by atoms with Gasteiger partial charge >= 0.3 is 0 Å². The predicted molar refractivity (Wildman–Crippen MR) is 78.6 cm³/mol. The molecule has 0 aliphatic carbocycles. The Morgan fingerprint density at radius 2 is 1.80 bits per heavy atom. The van der Waals surface area contributed by atoms with Gasteiger partial charge in [-0.05, 0) is 29.8 Å². The molecular formula is C14H13Cl2FN2O. The Morgan fingerprint density at radius 3 is 2.30 bits per heavy atom. The monoisotopic (exact) mass is 314 g/mol. The Hall–Kier alpha value is -1.33. The predicted octanol–water partition coefficient (Wildman–Crippen LogP) is 3.69. The largest absolute Gasteiger partial charge is 0.497 e. The Labute approximate surface area is 126 Å². The first kappa shape index (κ1) is 15.1. The summed E-state index contributed by atoms with van der Waals surface area (Å²) >= 11 is 11.9. The van der Waals surface area contributed by atoms with Gasteiger partial charge in [-0.2, -0.15) is 0 Å². The van der Waals surface area contributed by atoms with Gasteiger partial charge in [0.15, 0.2) is 0 Å². The Balaban J connectivity index is 2.46. The lowest BCUT2D eigenvalue weighted by molar-refractivity contribution is 0.410. The molecule has 0 bridgehead atoms. The van der Waals surface area contributed by atoms with E-state index in [0.717, 1.165) is 0 Å². The zero-order valence-corrected chi connectivity index (χ0v) is 12.2. The highest BCUT2D eigenvalue weighted by molar-refractivity contribution is 6.34. The van der Waals surface area contributed by atoms with E-state index in [-0.39, 0.29) is 0 Å². The molecule has 106 valence electrons. The van der Waals surface area contributed by atoms with E-state index in [9.17, 15) is 4.39 Å². The van der Waals surface area contributed by atoms with Gasteiger partial charge in [-0.15, -0.1) is 0 Å². The van der Waals surface area contributed by atoms with Crippen LogP contribution in [-0.2, 0) is 0 Å². The van der Waals surface area contributed by atoms with E-state index >= 15 is 0 Å². The van der Waals surface area contributed by atoms with E-state index in [2.05, 4.69) is 5.43 Å². The molecule has 2 rings (SSSR count). The third-order valence-electron chi connectivity index (χ3n) is 2.90. The lowest BCUT2D eigenvalue weighted by atomic mass is 9.98. The number of hydrazine groups is 1. The first-order valence-corrected chi connectivity index (χ1v) is 6.56. The highest BCUT2D eigenvalue weighted by atomic mass is 35.5. The van der Waals surface area contributed by atoms with Crippen LogP contribution in [0.1, 0.15) is 17.2 Å². The van der Waals surface area contributed by atoms with Crippen molar-refractivity contribution in [1.82, 2.24) is 5.43 Å². The number of rotatable bonds is 4. The number of hydrogen-bond acceptors (Lipinski definition) is 3. The van der Waals surface area contributed by atoms with Crippen molar-refractivity contribution in [3.8, 4) is 5.75 Å². The molecule has 2 aromatic carbocycles. The molecule has 3 N–H and O–H groups in total. The minimum absolute atomic E-state index is 0.381. The maximum atomic E-state index is 14.1. The van der Waals surface area contributed by atoms with Crippen LogP contribution in [0.5, 0.6) is 5.75 Å². The molecule has 3 nitrogen and oxygen atoms in total. The lowest BCUT2D eigenvalue weighted by Gasteiger charge is -2.18. The van der Waals surface area contributed by atoms with Crippen LogP contribution in [0.4, 0.5) is 4.39 Å². The minimum Gasteiger partial charge on any atom is -0.497 e. The third kappa shape index (κ3) is 3.22. The summed E-state index contributed by atoms with van der Waals surface area (Å²) < 4.78 is 19.1. The van der Waals surface area contributed by atoms with Crippen molar-refractivity contribution < 1.29 is 9.13 Å². The van der Waals surface area contributed by atoms with Crippen molar-refractivity contribution in [2.24, 2.45) is 5.84 Å². The maximum absolute atomic E-state index is 14.1. The minimum atomic E-state index is -0.558. The van der Waals surface area contributed by atoms with Crippen molar-refractivity contribution >= 4 is 23.2 Å². The Morgan fingerprint density at radius 1 is 1.15 bits per heavy atom. The third-order valence-corrected chi connectivity index (χ3v) is 3.34. The van der Waals surface area contributed by atoms with Crippen molar-refractivity contribution in [2.75, 3.05) is 7.11 Å². The van der Waals surface area contributed by atoms with E-state index in [1.807, 2.05) is 0 Å².